The zero-order valence-electron chi connectivity index (χ0n) is 14.3. The summed E-state index contributed by atoms with van der Waals surface area (Å²) in [5.74, 6) is 0.753. The van der Waals surface area contributed by atoms with Crippen molar-refractivity contribution in [2.45, 2.75) is 13.2 Å². The lowest BCUT2D eigenvalue weighted by atomic mass is 10.2. The molecule has 0 fully saturated rings. The van der Waals surface area contributed by atoms with Gasteiger partial charge in [0.25, 0.3) is 0 Å². The van der Waals surface area contributed by atoms with E-state index in [-0.39, 0.29) is 0 Å². The van der Waals surface area contributed by atoms with Crippen molar-refractivity contribution in [2.75, 3.05) is 0 Å². The lowest BCUT2D eigenvalue weighted by Crippen LogP contribution is -2.05. The Labute approximate surface area is 173 Å². The van der Waals surface area contributed by atoms with Crippen LogP contribution in [0, 0.1) is 0 Å². The van der Waals surface area contributed by atoms with Gasteiger partial charge in [-0.05, 0) is 53.1 Å². The largest absolute Gasteiger partial charge is 0.489 e. The second kappa shape index (κ2) is 9.65. The number of ether oxygens (including phenoxy) is 1. The number of benzene rings is 3. The third-order valence-electron chi connectivity index (χ3n) is 3.75. The molecule has 0 radical (unpaired) electrons. The van der Waals surface area contributed by atoms with Crippen molar-refractivity contribution >= 4 is 41.0 Å². The van der Waals surface area contributed by atoms with E-state index in [4.69, 9.17) is 39.5 Å². The van der Waals surface area contributed by atoms with Gasteiger partial charge in [0.2, 0.25) is 0 Å². The topological polar surface area (TPSA) is 33.6 Å². The van der Waals surface area contributed by atoms with E-state index in [1.807, 2.05) is 54.6 Å². The first-order valence-corrected chi connectivity index (χ1v) is 9.41. The Morgan fingerprint density at radius 1 is 0.852 bits per heavy atom. The van der Waals surface area contributed by atoms with Gasteiger partial charge in [0, 0.05) is 5.02 Å². The molecule has 27 heavy (non-hydrogen) atoms. The second-order valence-electron chi connectivity index (χ2n) is 5.83. The normalized spacial score (nSPS) is 10.9. The number of hydrogen-bond acceptors (Lipinski definition) is 3. The van der Waals surface area contributed by atoms with Crippen LogP contribution < -0.4 is 10.2 Å². The lowest BCUT2D eigenvalue weighted by molar-refractivity contribution is 0.306. The molecule has 0 saturated carbocycles. The first-order chi connectivity index (χ1) is 13.1. The van der Waals surface area contributed by atoms with Crippen molar-refractivity contribution in [1.29, 1.82) is 0 Å². The molecule has 3 rings (SSSR count). The molecule has 138 valence electrons. The molecule has 6 heteroatoms. The molecule has 0 aliphatic carbocycles. The van der Waals surface area contributed by atoms with E-state index in [9.17, 15) is 0 Å². The summed E-state index contributed by atoms with van der Waals surface area (Å²) in [6.45, 7) is 1.04. The van der Waals surface area contributed by atoms with Crippen molar-refractivity contribution in [3.8, 4) is 5.75 Å². The number of halogens is 3. The molecule has 0 amide bonds. The monoisotopic (exact) mass is 418 g/mol. The van der Waals surface area contributed by atoms with E-state index >= 15 is 0 Å². The van der Waals surface area contributed by atoms with E-state index in [0.717, 1.165) is 27.5 Å². The smallest absolute Gasteiger partial charge is 0.120 e. The Morgan fingerprint density at radius 3 is 2.41 bits per heavy atom. The Bertz CT molecular complexity index is 927. The summed E-state index contributed by atoms with van der Waals surface area (Å²) >= 11 is 17.8. The number of hydrazone groups is 1. The molecule has 0 bridgehead atoms. The van der Waals surface area contributed by atoms with Crippen LogP contribution in [0.2, 0.25) is 15.1 Å². The zero-order chi connectivity index (χ0) is 19.1. The molecule has 0 heterocycles. The van der Waals surface area contributed by atoms with Crippen LogP contribution in [0.4, 0.5) is 0 Å². The van der Waals surface area contributed by atoms with Crippen LogP contribution in [0.25, 0.3) is 0 Å². The molecule has 0 atom stereocenters. The summed E-state index contributed by atoms with van der Waals surface area (Å²) in [5, 5.41) is 6.02. The number of rotatable bonds is 7. The molecule has 3 aromatic carbocycles. The molecule has 3 nitrogen and oxygen atoms in total. The van der Waals surface area contributed by atoms with Crippen LogP contribution >= 0.6 is 34.8 Å². The first-order valence-electron chi connectivity index (χ1n) is 8.27. The van der Waals surface area contributed by atoms with E-state index in [1.165, 1.54) is 0 Å². The Kier molecular flexibility index (Phi) is 6.99. The molecule has 0 saturated heterocycles. The van der Waals surface area contributed by atoms with Crippen LogP contribution in [0.15, 0.2) is 71.8 Å². The summed E-state index contributed by atoms with van der Waals surface area (Å²) in [6, 6.07) is 20.8. The predicted octanol–water partition coefficient (Wildman–Crippen LogP) is 6.35. The summed E-state index contributed by atoms with van der Waals surface area (Å²) in [5.41, 5.74) is 6.01. The quantitative estimate of drug-likeness (QED) is 0.357. The molecule has 0 aliphatic heterocycles. The molecule has 0 aliphatic rings. The van der Waals surface area contributed by atoms with E-state index in [0.29, 0.717) is 23.2 Å². The van der Waals surface area contributed by atoms with E-state index in [2.05, 4.69) is 10.5 Å². The highest BCUT2D eigenvalue weighted by molar-refractivity contribution is 6.42. The fourth-order valence-corrected chi connectivity index (χ4v) is 2.79. The van der Waals surface area contributed by atoms with Crippen molar-refractivity contribution in [3.05, 3.63) is 98.5 Å². The highest BCUT2D eigenvalue weighted by Gasteiger charge is 2.01. The first kappa shape index (κ1) is 19.6. The van der Waals surface area contributed by atoms with Crippen LogP contribution in [0.5, 0.6) is 5.75 Å². The molecular weight excluding hydrogens is 403 g/mol. The maximum absolute atomic E-state index is 6.03. The van der Waals surface area contributed by atoms with Crippen molar-refractivity contribution in [2.24, 2.45) is 5.10 Å². The van der Waals surface area contributed by atoms with Gasteiger partial charge in [-0.25, -0.2) is 0 Å². The molecule has 1 N–H and O–H groups in total. The minimum absolute atomic E-state index is 0.409. The summed E-state index contributed by atoms with van der Waals surface area (Å²) in [4.78, 5) is 0. The fourth-order valence-electron chi connectivity index (χ4n) is 2.34. The second-order valence-corrected chi connectivity index (χ2v) is 7.08. The Hall–Kier alpha value is -2.20. The molecule has 0 unspecified atom stereocenters. The van der Waals surface area contributed by atoms with Gasteiger partial charge in [0.15, 0.2) is 0 Å². The van der Waals surface area contributed by atoms with E-state index < -0.39 is 0 Å². The van der Waals surface area contributed by atoms with Gasteiger partial charge in [0.05, 0.1) is 22.8 Å². The minimum Gasteiger partial charge on any atom is -0.489 e. The molecular formula is C21H17Cl3N2O. The van der Waals surface area contributed by atoms with Crippen molar-refractivity contribution in [1.82, 2.24) is 5.43 Å². The van der Waals surface area contributed by atoms with Gasteiger partial charge in [-0.3, -0.25) is 0 Å². The highest BCUT2D eigenvalue weighted by atomic mass is 35.5. The van der Waals surface area contributed by atoms with Crippen LogP contribution in [0.1, 0.15) is 16.7 Å². The predicted molar refractivity (Wildman–Crippen MR) is 113 cm³/mol. The Morgan fingerprint density at radius 2 is 1.63 bits per heavy atom. The van der Waals surface area contributed by atoms with Gasteiger partial charge in [-0.1, -0.05) is 65.1 Å². The van der Waals surface area contributed by atoms with Gasteiger partial charge in [-0.2, -0.15) is 5.10 Å². The summed E-state index contributed by atoms with van der Waals surface area (Å²) in [6.07, 6.45) is 1.75. The SMILES string of the molecule is Clc1ccc(CN/N=C\c2cccc(OCc3ccc(Cl)c(Cl)c3)c2)cc1. The highest BCUT2D eigenvalue weighted by Crippen LogP contribution is 2.23. The molecule has 0 aromatic heterocycles. The van der Waals surface area contributed by atoms with Crippen molar-refractivity contribution < 1.29 is 4.74 Å². The van der Waals surface area contributed by atoms with Gasteiger partial charge >= 0.3 is 0 Å². The van der Waals surface area contributed by atoms with Gasteiger partial charge in [0.1, 0.15) is 12.4 Å². The Balaban J connectivity index is 1.53. The standard InChI is InChI=1S/C21H17Cl3N2O/c22-18-7-4-15(5-8-18)12-25-26-13-16-2-1-3-19(10-16)27-14-17-6-9-20(23)21(24)11-17/h1-11,13,25H,12,14H2/b26-13-. The number of nitrogens with zero attached hydrogens (tertiary/aromatic N) is 1. The van der Waals surface area contributed by atoms with Crippen LogP contribution in [0.3, 0.4) is 0 Å². The third kappa shape index (κ3) is 6.17. The van der Waals surface area contributed by atoms with Gasteiger partial charge < -0.3 is 10.2 Å². The third-order valence-corrected chi connectivity index (χ3v) is 4.74. The van der Waals surface area contributed by atoms with Crippen LogP contribution in [-0.4, -0.2) is 6.21 Å². The zero-order valence-corrected chi connectivity index (χ0v) is 16.6. The maximum Gasteiger partial charge on any atom is 0.120 e. The summed E-state index contributed by atoms with van der Waals surface area (Å²) in [7, 11) is 0. The minimum atomic E-state index is 0.409. The summed E-state index contributed by atoms with van der Waals surface area (Å²) < 4.78 is 5.82. The number of nitrogens with one attached hydrogen (secondary N) is 1. The lowest BCUT2D eigenvalue weighted by Gasteiger charge is -2.08. The molecule has 0 spiro atoms. The number of hydrogen-bond donors (Lipinski definition) is 1. The van der Waals surface area contributed by atoms with Crippen LogP contribution in [-0.2, 0) is 13.2 Å². The van der Waals surface area contributed by atoms with Gasteiger partial charge in [-0.15, -0.1) is 0 Å². The average molecular weight is 420 g/mol. The fraction of sp³-hybridized carbons (Fsp3) is 0.0952. The molecule has 3 aromatic rings. The maximum atomic E-state index is 6.03. The van der Waals surface area contributed by atoms with E-state index in [1.54, 1.807) is 18.3 Å². The average Bonchev–Trinajstić information content (AvgIpc) is 2.68. The van der Waals surface area contributed by atoms with Crippen molar-refractivity contribution in [3.63, 3.8) is 0 Å².